The Morgan fingerprint density at radius 3 is 2.47 bits per heavy atom. The molecule has 112 valence electrons. The highest BCUT2D eigenvalue weighted by Gasteiger charge is 2.30. The number of rotatable bonds is 8. The van der Waals surface area contributed by atoms with E-state index in [1.807, 2.05) is 0 Å². The first kappa shape index (κ1) is 15.4. The molecular weight excluding hydrogens is 230 g/mol. The van der Waals surface area contributed by atoms with Crippen LogP contribution in [0.5, 0.6) is 0 Å². The Kier molecular flexibility index (Phi) is 6.19. The van der Waals surface area contributed by atoms with Gasteiger partial charge in [-0.3, -0.25) is 0 Å². The zero-order valence-electron chi connectivity index (χ0n) is 13.5. The first-order valence-corrected chi connectivity index (χ1v) is 8.92. The fourth-order valence-electron chi connectivity index (χ4n) is 3.81. The Morgan fingerprint density at radius 2 is 1.84 bits per heavy atom. The van der Waals surface area contributed by atoms with E-state index in [-0.39, 0.29) is 0 Å². The third-order valence-corrected chi connectivity index (χ3v) is 5.43. The molecule has 2 fully saturated rings. The Hall–Kier alpha value is -0.0400. The van der Waals surface area contributed by atoms with Crippen molar-refractivity contribution in [3.8, 4) is 0 Å². The molecule has 2 saturated carbocycles. The number of nitrogens with one attached hydrogen (secondary N) is 1. The molecule has 1 nitrogen and oxygen atoms in total. The third kappa shape index (κ3) is 5.45. The molecule has 0 aromatic heterocycles. The van der Waals surface area contributed by atoms with E-state index in [1.165, 1.54) is 64.3 Å². The molecular formula is C18H35N. The largest absolute Gasteiger partial charge is 0.314 e. The summed E-state index contributed by atoms with van der Waals surface area (Å²) in [5.74, 6) is 3.91. The van der Waals surface area contributed by atoms with Gasteiger partial charge in [-0.1, -0.05) is 52.9 Å². The van der Waals surface area contributed by atoms with Gasteiger partial charge in [-0.15, -0.1) is 0 Å². The van der Waals surface area contributed by atoms with Crippen LogP contribution in [-0.4, -0.2) is 12.6 Å². The zero-order valence-corrected chi connectivity index (χ0v) is 13.5. The quantitative estimate of drug-likeness (QED) is 0.650. The van der Waals surface area contributed by atoms with Crippen molar-refractivity contribution in [1.82, 2.24) is 5.32 Å². The van der Waals surface area contributed by atoms with Crippen LogP contribution in [0.2, 0.25) is 0 Å². The molecule has 0 spiro atoms. The van der Waals surface area contributed by atoms with Crippen LogP contribution in [-0.2, 0) is 0 Å². The van der Waals surface area contributed by atoms with Crippen molar-refractivity contribution < 1.29 is 0 Å². The van der Waals surface area contributed by atoms with E-state index >= 15 is 0 Å². The first-order chi connectivity index (χ1) is 9.19. The maximum atomic E-state index is 3.79. The molecule has 0 aliphatic heterocycles. The van der Waals surface area contributed by atoms with E-state index in [0.29, 0.717) is 0 Å². The summed E-state index contributed by atoms with van der Waals surface area (Å²) in [6, 6.07) is 0.889. The van der Waals surface area contributed by atoms with Gasteiger partial charge in [0.15, 0.2) is 0 Å². The van der Waals surface area contributed by atoms with Crippen LogP contribution in [0.4, 0.5) is 0 Å². The monoisotopic (exact) mass is 265 g/mol. The minimum atomic E-state index is 0.883. The van der Waals surface area contributed by atoms with E-state index in [0.717, 1.165) is 29.7 Å². The van der Waals surface area contributed by atoms with Crippen molar-refractivity contribution in [2.24, 2.45) is 23.7 Å². The molecule has 3 atom stereocenters. The lowest BCUT2D eigenvalue weighted by molar-refractivity contribution is 0.158. The lowest BCUT2D eigenvalue weighted by atomic mass is 9.71. The molecule has 0 radical (unpaired) electrons. The van der Waals surface area contributed by atoms with Gasteiger partial charge in [0.25, 0.3) is 0 Å². The normalized spacial score (nSPS) is 31.9. The fraction of sp³-hybridized carbons (Fsp3) is 1.00. The maximum absolute atomic E-state index is 3.79. The van der Waals surface area contributed by atoms with Crippen LogP contribution >= 0.6 is 0 Å². The molecule has 0 amide bonds. The van der Waals surface area contributed by atoms with Crippen molar-refractivity contribution in [2.75, 3.05) is 6.54 Å². The van der Waals surface area contributed by atoms with Gasteiger partial charge >= 0.3 is 0 Å². The van der Waals surface area contributed by atoms with Gasteiger partial charge in [-0.2, -0.15) is 0 Å². The summed E-state index contributed by atoms with van der Waals surface area (Å²) >= 11 is 0. The van der Waals surface area contributed by atoms with Gasteiger partial charge in [0.05, 0.1) is 0 Å². The molecule has 1 heteroatoms. The molecule has 19 heavy (non-hydrogen) atoms. The highest BCUT2D eigenvalue weighted by atomic mass is 14.9. The van der Waals surface area contributed by atoms with Gasteiger partial charge in [0.1, 0.15) is 0 Å². The standard InChI is InChI=1S/C18H35N/c1-4-15-8-9-17(13-19-18-10-11-18)16(12-15)7-5-6-14(2)3/h14-19H,4-13H2,1-3H3. The maximum Gasteiger partial charge on any atom is 0.00683 e. The number of hydrogen-bond acceptors (Lipinski definition) is 1. The molecule has 0 saturated heterocycles. The Labute approximate surface area is 120 Å². The predicted octanol–water partition coefficient (Wildman–Crippen LogP) is 5.01. The van der Waals surface area contributed by atoms with Crippen LogP contribution < -0.4 is 5.32 Å². The molecule has 0 aromatic carbocycles. The second-order valence-corrected chi connectivity index (χ2v) is 7.61. The summed E-state index contributed by atoms with van der Waals surface area (Å²) in [7, 11) is 0. The minimum absolute atomic E-state index is 0.883. The SMILES string of the molecule is CCC1CCC(CNC2CC2)C(CCCC(C)C)C1. The first-order valence-electron chi connectivity index (χ1n) is 8.92. The molecule has 0 aromatic rings. The van der Waals surface area contributed by atoms with E-state index < -0.39 is 0 Å². The Bertz CT molecular complexity index is 244. The van der Waals surface area contributed by atoms with Crippen molar-refractivity contribution in [3.63, 3.8) is 0 Å². The molecule has 3 unspecified atom stereocenters. The topological polar surface area (TPSA) is 12.0 Å². The summed E-state index contributed by atoms with van der Waals surface area (Å²) in [4.78, 5) is 0. The average Bonchev–Trinajstić information content (AvgIpc) is 3.20. The van der Waals surface area contributed by atoms with Gasteiger partial charge in [-0.25, -0.2) is 0 Å². The van der Waals surface area contributed by atoms with Crippen LogP contribution in [0.25, 0.3) is 0 Å². The second kappa shape index (κ2) is 7.67. The van der Waals surface area contributed by atoms with Crippen LogP contribution in [0.15, 0.2) is 0 Å². The van der Waals surface area contributed by atoms with Crippen LogP contribution in [0, 0.1) is 23.7 Å². The summed E-state index contributed by atoms with van der Waals surface area (Å²) in [6.45, 7) is 8.43. The van der Waals surface area contributed by atoms with Gasteiger partial charge in [-0.05, 0) is 55.9 Å². The van der Waals surface area contributed by atoms with Crippen molar-refractivity contribution in [2.45, 2.75) is 84.6 Å². The number of hydrogen-bond donors (Lipinski definition) is 1. The average molecular weight is 265 g/mol. The van der Waals surface area contributed by atoms with E-state index in [1.54, 1.807) is 0 Å². The zero-order chi connectivity index (χ0) is 13.7. The smallest absolute Gasteiger partial charge is 0.00683 e. The summed E-state index contributed by atoms with van der Waals surface area (Å²) in [5, 5.41) is 3.79. The summed E-state index contributed by atoms with van der Waals surface area (Å²) in [5.41, 5.74) is 0. The van der Waals surface area contributed by atoms with Gasteiger partial charge in [0.2, 0.25) is 0 Å². The van der Waals surface area contributed by atoms with Crippen LogP contribution in [0.1, 0.15) is 78.6 Å². The Morgan fingerprint density at radius 1 is 1.05 bits per heavy atom. The summed E-state index contributed by atoms with van der Waals surface area (Å²) < 4.78 is 0. The summed E-state index contributed by atoms with van der Waals surface area (Å²) in [6.07, 6.45) is 13.2. The van der Waals surface area contributed by atoms with Gasteiger partial charge < -0.3 is 5.32 Å². The van der Waals surface area contributed by atoms with Crippen molar-refractivity contribution in [3.05, 3.63) is 0 Å². The second-order valence-electron chi connectivity index (χ2n) is 7.61. The highest BCUT2D eigenvalue weighted by molar-refractivity contribution is 4.86. The molecule has 2 aliphatic rings. The van der Waals surface area contributed by atoms with Crippen LogP contribution in [0.3, 0.4) is 0 Å². The van der Waals surface area contributed by atoms with E-state index in [2.05, 4.69) is 26.1 Å². The Balaban J connectivity index is 1.75. The molecule has 0 heterocycles. The predicted molar refractivity (Wildman–Crippen MR) is 84.3 cm³/mol. The minimum Gasteiger partial charge on any atom is -0.314 e. The third-order valence-electron chi connectivity index (χ3n) is 5.43. The molecule has 2 rings (SSSR count). The molecule has 2 aliphatic carbocycles. The highest BCUT2D eigenvalue weighted by Crippen LogP contribution is 2.38. The van der Waals surface area contributed by atoms with Crippen molar-refractivity contribution in [1.29, 1.82) is 0 Å². The van der Waals surface area contributed by atoms with E-state index in [9.17, 15) is 0 Å². The van der Waals surface area contributed by atoms with Crippen molar-refractivity contribution >= 4 is 0 Å². The lowest BCUT2D eigenvalue weighted by Crippen LogP contribution is -2.34. The molecule has 0 bridgehead atoms. The lowest BCUT2D eigenvalue weighted by Gasteiger charge is -2.36. The van der Waals surface area contributed by atoms with Gasteiger partial charge in [0, 0.05) is 6.04 Å². The fourth-order valence-corrected chi connectivity index (χ4v) is 3.81. The van der Waals surface area contributed by atoms with E-state index in [4.69, 9.17) is 0 Å². The molecule has 1 N–H and O–H groups in total.